The number of nitrogens with zero attached hydrogens (tertiary/aromatic N) is 1. The summed E-state index contributed by atoms with van der Waals surface area (Å²) in [5.41, 5.74) is 5.68. The van der Waals surface area contributed by atoms with Gasteiger partial charge in [-0.3, -0.25) is 4.90 Å². The summed E-state index contributed by atoms with van der Waals surface area (Å²) in [6.45, 7) is 10.2. The summed E-state index contributed by atoms with van der Waals surface area (Å²) >= 11 is 0. The lowest BCUT2D eigenvalue weighted by atomic mass is 9.82. The summed E-state index contributed by atoms with van der Waals surface area (Å²) in [5.74, 6) is 0.186. The highest BCUT2D eigenvalue weighted by Gasteiger charge is 2.52. The normalized spacial score (nSPS) is 30.0. The van der Waals surface area contributed by atoms with E-state index in [0.717, 1.165) is 6.54 Å². The largest absolute Gasteiger partial charge is 0.395 e. The molecule has 4 N–H and O–H groups in total. The van der Waals surface area contributed by atoms with Gasteiger partial charge in [-0.05, 0) is 27.7 Å². The van der Waals surface area contributed by atoms with E-state index in [1.165, 1.54) is 0 Å². The van der Waals surface area contributed by atoms with Crippen LogP contribution in [0.25, 0.3) is 0 Å². The summed E-state index contributed by atoms with van der Waals surface area (Å²) in [6.07, 6.45) is 0. The topological polar surface area (TPSA) is 79.0 Å². The summed E-state index contributed by atoms with van der Waals surface area (Å²) in [6, 6.07) is -0.0487. The van der Waals surface area contributed by atoms with Crippen LogP contribution in [0, 0.1) is 5.92 Å². The van der Waals surface area contributed by atoms with E-state index in [4.69, 9.17) is 20.7 Å². The lowest BCUT2D eigenvalue weighted by Gasteiger charge is -2.32. The highest BCUT2D eigenvalue weighted by Crippen LogP contribution is 2.41. The number of aliphatic hydroxyl groups is 2. The highest BCUT2D eigenvalue weighted by molar-refractivity contribution is 5.04. The van der Waals surface area contributed by atoms with Crippen LogP contribution in [0.1, 0.15) is 27.7 Å². The van der Waals surface area contributed by atoms with E-state index in [0.29, 0.717) is 13.1 Å². The molecule has 1 rings (SSSR count). The van der Waals surface area contributed by atoms with Crippen molar-refractivity contribution in [3.05, 3.63) is 0 Å². The fraction of sp³-hybridized carbons (Fsp3) is 1.00. The molecule has 5 heteroatoms. The first kappa shape index (κ1) is 15.9. The van der Waals surface area contributed by atoms with Crippen LogP contribution in [0.15, 0.2) is 0 Å². The number of nitrogens with two attached hydrogens (primary N) is 1. The molecule has 18 heavy (non-hydrogen) atoms. The summed E-state index contributed by atoms with van der Waals surface area (Å²) < 4.78 is 6.04. The Balaban J connectivity index is 2.74. The number of hydrogen-bond donors (Lipinski definition) is 3. The molecule has 2 unspecified atom stereocenters. The molecule has 0 aromatic rings. The zero-order valence-electron chi connectivity index (χ0n) is 12.0. The second-order valence-corrected chi connectivity index (χ2v) is 6.19. The van der Waals surface area contributed by atoms with E-state index in [9.17, 15) is 0 Å². The molecule has 1 saturated heterocycles. The van der Waals surface area contributed by atoms with Crippen molar-refractivity contribution in [3.8, 4) is 0 Å². The van der Waals surface area contributed by atoms with Crippen molar-refractivity contribution in [1.82, 2.24) is 4.90 Å². The second-order valence-electron chi connectivity index (χ2n) is 6.19. The minimum absolute atomic E-state index is 0.0487. The Morgan fingerprint density at radius 2 is 1.56 bits per heavy atom. The van der Waals surface area contributed by atoms with Crippen molar-refractivity contribution < 1.29 is 14.9 Å². The molecule has 2 atom stereocenters. The number of ether oxygens (including phenoxy) is 1. The Labute approximate surface area is 110 Å². The summed E-state index contributed by atoms with van der Waals surface area (Å²) in [4.78, 5) is 2.04. The molecule has 5 nitrogen and oxygen atoms in total. The van der Waals surface area contributed by atoms with Crippen LogP contribution in [-0.4, -0.2) is 65.2 Å². The predicted molar refractivity (Wildman–Crippen MR) is 71.3 cm³/mol. The van der Waals surface area contributed by atoms with E-state index in [-0.39, 0.29) is 36.4 Å². The van der Waals surface area contributed by atoms with E-state index in [2.05, 4.69) is 13.8 Å². The Hall–Kier alpha value is -0.200. The summed E-state index contributed by atoms with van der Waals surface area (Å²) in [7, 11) is 0. The third-order valence-electron chi connectivity index (χ3n) is 3.94. The van der Waals surface area contributed by atoms with Gasteiger partial charge in [0.15, 0.2) is 0 Å². The van der Waals surface area contributed by atoms with E-state index in [1.54, 1.807) is 0 Å². The van der Waals surface area contributed by atoms with Gasteiger partial charge in [0.25, 0.3) is 0 Å². The van der Waals surface area contributed by atoms with E-state index < -0.39 is 0 Å². The lowest BCUT2D eigenvalue weighted by molar-refractivity contribution is -0.0788. The molecule has 108 valence electrons. The first-order valence-corrected chi connectivity index (χ1v) is 6.64. The molecule has 1 fully saturated rings. The zero-order chi connectivity index (χ0) is 14.0. The van der Waals surface area contributed by atoms with Gasteiger partial charge in [-0.25, -0.2) is 0 Å². The van der Waals surface area contributed by atoms with Crippen LogP contribution in [0.2, 0.25) is 0 Å². The molecule has 0 spiro atoms. The van der Waals surface area contributed by atoms with Gasteiger partial charge in [0.2, 0.25) is 0 Å². The molecule has 1 heterocycles. The average molecular weight is 260 g/mol. The lowest BCUT2D eigenvalue weighted by Crippen LogP contribution is -2.49. The van der Waals surface area contributed by atoms with Crippen LogP contribution in [0.5, 0.6) is 0 Å². The maximum absolute atomic E-state index is 9.05. The van der Waals surface area contributed by atoms with Crippen LogP contribution in [0.4, 0.5) is 0 Å². The van der Waals surface area contributed by atoms with Gasteiger partial charge < -0.3 is 20.7 Å². The molecule has 0 aromatic carbocycles. The van der Waals surface area contributed by atoms with Crippen LogP contribution in [-0.2, 0) is 4.74 Å². The van der Waals surface area contributed by atoms with Crippen LogP contribution >= 0.6 is 0 Å². The third kappa shape index (κ3) is 3.42. The van der Waals surface area contributed by atoms with Crippen molar-refractivity contribution in [1.29, 1.82) is 0 Å². The van der Waals surface area contributed by atoms with Gasteiger partial charge in [-0.15, -0.1) is 0 Å². The fourth-order valence-corrected chi connectivity index (χ4v) is 2.93. The van der Waals surface area contributed by atoms with Gasteiger partial charge >= 0.3 is 0 Å². The third-order valence-corrected chi connectivity index (χ3v) is 3.94. The van der Waals surface area contributed by atoms with Crippen molar-refractivity contribution in [2.24, 2.45) is 11.7 Å². The molecule has 0 bridgehead atoms. The van der Waals surface area contributed by atoms with Gasteiger partial charge in [-0.2, -0.15) is 0 Å². The smallest absolute Gasteiger partial charge is 0.0788 e. The molecule has 0 amide bonds. The molecular formula is C13H28N2O3. The predicted octanol–water partition coefficient (Wildman–Crippen LogP) is -0.196. The van der Waals surface area contributed by atoms with Gasteiger partial charge in [0, 0.05) is 31.6 Å². The number of hydrogen-bond acceptors (Lipinski definition) is 5. The molecule has 0 aliphatic carbocycles. The van der Waals surface area contributed by atoms with E-state index >= 15 is 0 Å². The fourth-order valence-electron chi connectivity index (χ4n) is 2.93. The highest BCUT2D eigenvalue weighted by atomic mass is 16.5. The van der Waals surface area contributed by atoms with Gasteiger partial charge in [0.1, 0.15) is 0 Å². The maximum Gasteiger partial charge on any atom is 0.0788 e. The Bertz CT molecular complexity index is 263. The summed E-state index contributed by atoms with van der Waals surface area (Å²) in [5, 5.41) is 18.1. The number of rotatable bonds is 6. The quantitative estimate of drug-likeness (QED) is 0.616. The van der Waals surface area contributed by atoms with Crippen molar-refractivity contribution in [2.45, 2.75) is 44.9 Å². The second kappa shape index (κ2) is 5.84. The van der Waals surface area contributed by atoms with Gasteiger partial charge in [-0.1, -0.05) is 0 Å². The zero-order valence-corrected chi connectivity index (χ0v) is 12.0. The Kier molecular flexibility index (Phi) is 5.14. The number of aliphatic hydroxyl groups excluding tert-OH is 2. The molecule has 1 aliphatic heterocycles. The van der Waals surface area contributed by atoms with Crippen molar-refractivity contribution in [2.75, 3.05) is 32.8 Å². The molecule has 1 aliphatic rings. The van der Waals surface area contributed by atoms with Crippen molar-refractivity contribution >= 4 is 0 Å². The van der Waals surface area contributed by atoms with Crippen LogP contribution in [0.3, 0.4) is 0 Å². The van der Waals surface area contributed by atoms with Crippen molar-refractivity contribution in [3.63, 3.8) is 0 Å². The standard InChI is InChI=1S/C13H28N2O3/c1-12(2)10(11(14)13(3,4)18-12)9-15(5-7-16)6-8-17/h10-11,16-17H,5-9,14H2,1-4H3. The average Bonchev–Trinajstić information content (AvgIpc) is 2.37. The van der Waals surface area contributed by atoms with Crippen LogP contribution < -0.4 is 5.73 Å². The molecule has 0 saturated carbocycles. The van der Waals surface area contributed by atoms with Gasteiger partial charge in [0.05, 0.1) is 24.4 Å². The Morgan fingerprint density at radius 3 is 1.89 bits per heavy atom. The molecule has 0 aromatic heterocycles. The monoisotopic (exact) mass is 260 g/mol. The minimum atomic E-state index is -0.335. The Morgan fingerprint density at radius 1 is 1.06 bits per heavy atom. The van der Waals surface area contributed by atoms with E-state index in [1.807, 2.05) is 18.7 Å². The first-order chi connectivity index (χ1) is 8.24. The maximum atomic E-state index is 9.05. The minimum Gasteiger partial charge on any atom is -0.395 e. The SMILES string of the molecule is CC1(C)OC(C)(C)C(CN(CCO)CCO)C1N. The molecule has 0 radical (unpaired) electrons. The molecular weight excluding hydrogens is 232 g/mol. The first-order valence-electron chi connectivity index (χ1n) is 6.64.